The highest BCUT2D eigenvalue weighted by atomic mass is 19.1. The zero-order valence-corrected chi connectivity index (χ0v) is 10.3. The number of aliphatic hydroxyl groups is 1. The largest absolute Gasteiger partial charge is 0.399 e. The molecule has 1 atom stereocenters. The number of hydrogen-bond donors (Lipinski definition) is 2. The van der Waals surface area contributed by atoms with Crippen molar-refractivity contribution in [3.8, 4) is 0 Å². The topological polar surface area (TPSA) is 66.6 Å². The van der Waals surface area contributed by atoms with Crippen LogP contribution < -0.4 is 5.73 Å². The molecule has 2 rings (SSSR count). The Morgan fingerprint density at radius 1 is 1.56 bits per heavy atom. The van der Waals surface area contributed by atoms with Gasteiger partial charge in [-0.15, -0.1) is 0 Å². The summed E-state index contributed by atoms with van der Waals surface area (Å²) in [5.74, 6) is -0.934. The fraction of sp³-hybridized carbons (Fsp3) is 0.462. The summed E-state index contributed by atoms with van der Waals surface area (Å²) in [6, 6.07) is 2.85. The minimum atomic E-state index is -0.533. The first kappa shape index (κ1) is 12.8. The normalized spacial score (nSPS) is 19.9. The van der Waals surface area contributed by atoms with Crippen molar-refractivity contribution in [3.63, 3.8) is 0 Å². The Morgan fingerprint density at radius 2 is 2.28 bits per heavy atom. The van der Waals surface area contributed by atoms with Gasteiger partial charge in [0.2, 0.25) is 0 Å². The number of anilines is 1. The molecule has 0 bridgehead atoms. The van der Waals surface area contributed by atoms with Gasteiger partial charge in [-0.2, -0.15) is 0 Å². The third-order valence-electron chi connectivity index (χ3n) is 3.19. The van der Waals surface area contributed by atoms with Gasteiger partial charge < -0.3 is 15.7 Å². The summed E-state index contributed by atoms with van der Waals surface area (Å²) in [4.78, 5) is 13.7. The Bertz CT molecular complexity index is 476. The van der Waals surface area contributed by atoms with Gasteiger partial charge in [0.25, 0.3) is 5.91 Å². The minimum Gasteiger partial charge on any atom is -0.399 e. The van der Waals surface area contributed by atoms with Gasteiger partial charge in [0.15, 0.2) is 0 Å². The van der Waals surface area contributed by atoms with Crippen molar-refractivity contribution in [1.29, 1.82) is 0 Å². The molecule has 0 saturated carbocycles. The van der Waals surface area contributed by atoms with E-state index in [0.717, 1.165) is 6.42 Å². The Morgan fingerprint density at radius 3 is 2.94 bits per heavy atom. The molecule has 1 aliphatic rings. The summed E-state index contributed by atoms with van der Waals surface area (Å²) in [6.07, 6.45) is 0.894. The minimum absolute atomic E-state index is 0.0124. The number of amides is 1. The van der Waals surface area contributed by atoms with E-state index >= 15 is 0 Å². The van der Waals surface area contributed by atoms with E-state index in [0.29, 0.717) is 24.2 Å². The van der Waals surface area contributed by atoms with E-state index in [2.05, 4.69) is 0 Å². The second-order valence-corrected chi connectivity index (χ2v) is 4.75. The molecule has 0 aromatic heterocycles. The predicted molar refractivity (Wildman–Crippen MR) is 66.7 cm³/mol. The average molecular weight is 252 g/mol. The Hall–Kier alpha value is -1.62. The molecule has 1 saturated heterocycles. The number of nitrogen functional groups attached to an aromatic ring is 1. The van der Waals surface area contributed by atoms with Crippen molar-refractivity contribution in [2.45, 2.75) is 25.9 Å². The summed E-state index contributed by atoms with van der Waals surface area (Å²) < 4.78 is 13.9. The maximum absolute atomic E-state index is 13.9. The van der Waals surface area contributed by atoms with Gasteiger partial charge in [0.1, 0.15) is 5.82 Å². The number of benzene rings is 1. The van der Waals surface area contributed by atoms with Crippen LogP contribution in [0.15, 0.2) is 12.1 Å². The molecule has 5 heteroatoms. The lowest BCUT2D eigenvalue weighted by atomic mass is 10.0. The summed E-state index contributed by atoms with van der Waals surface area (Å²) in [5.41, 5.74) is 6.35. The third-order valence-corrected chi connectivity index (χ3v) is 3.19. The van der Waals surface area contributed by atoms with Gasteiger partial charge in [-0.3, -0.25) is 4.79 Å². The van der Waals surface area contributed by atoms with Gasteiger partial charge in [0.05, 0.1) is 11.7 Å². The van der Waals surface area contributed by atoms with Crippen LogP contribution in [0.3, 0.4) is 0 Å². The molecule has 0 unspecified atom stereocenters. The Kier molecular flexibility index (Phi) is 3.52. The number of nitrogens with two attached hydrogens (primary N) is 1. The molecule has 1 amide bonds. The highest BCUT2D eigenvalue weighted by molar-refractivity contribution is 5.95. The SMILES string of the molecule is Cc1cc(N)cc(C(=O)N2CCC[C@H](O)C2)c1F. The van der Waals surface area contributed by atoms with E-state index in [1.54, 1.807) is 6.92 Å². The summed E-state index contributed by atoms with van der Waals surface area (Å²) in [6.45, 7) is 2.38. The van der Waals surface area contributed by atoms with Crippen LogP contribution in [0.4, 0.5) is 10.1 Å². The maximum atomic E-state index is 13.9. The van der Waals surface area contributed by atoms with Gasteiger partial charge in [-0.25, -0.2) is 4.39 Å². The van der Waals surface area contributed by atoms with Crippen LogP contribution in [-0.2, 0) is 0 Å². The predicted octanol–water partition coefficient (Wildman–Crippen LogP) is 1.31. The van der Waals surface area contributed by atoms with Crippen LogP contribution in [0, 0.1) is 12.7 Å². The van der Waals surface area contributed by atoms with E-state index in [1.165, 1.54) is 17.0 Å². The molecule has 1 aromatic carbocycles. The second kappa shape index (κ2) is 4.94. The number of hydrogen-bond acceptors (Lipinski definition) is 3. The van der Waals surface area contributed by atoms with Crippen LogP contribution in [0.1, 0.15) is 28.8 Å². The van der Waals surface area contributed by atoms with E-state index in [9.17, 15) is 14.3 Å². The highest BCUT2D eigenvalue weighted by Crippen LogP contribution is 2.20. The van der Waals surface area contributed by atoms with Crippen molar-refractivity contribution >= 4 is 11.6 Å². The molecule has 98 valence electrons. The molecule has 0 radical (unpaired) electrons. The third kappa shape index (κ3) is 2.46. The number of β-amino-alcohol motifs (C(OH)–C–C–N with tert-alkyl or cyclic N) is 1. The van der Waals surface area contributed by atoms with E-state index in [-0.39, 0.29) is 12.1 Å². The molecule has 1 aliphatic heterocycles. The molecular weight excluding hydrogens is 235 g/mol. The highest BCUT2D eigenvalue weighted by Gasteiger charge is 2.25. The van der Waals surface area contributed by atoms with Crippen molar-refractivity contribution in [1.82, 2.24) is 4.90 Å². The summed E-state index contributed by atoms with van der Waals surface area (Å²) in [5, 5.41) is 9.54. The van der Waals surface area contributed by atoms with Gasteiger partial charge in [-0.05, 0) is 37.5 Å². The number of rotatable bonds is 1. The van der Waals surface area contributed by atoms with E-state index in [4.69, 9.17) is 5.73 Å². The second-order valence-electron chi connectivity index (χ2n) is 4.75. The molecule has 0 spiro atoms. The molecule has 3 N–H and O–H groups in total. The van der Waals surface area contributed by atoms with E-state index < -0.39 is 17.8 Å². The number of nitrogens with zero attached hydrogens (tertiary/aromatic N) is 1. The van der Waals surface area contributed by atoms with Crippen LogP contribution in [0.2, 0.25) is 0 Å². The summed E-state index contributed by atoms with van der Waals surface area (Å²) >= 11 is 0. The summed E-state index contributed by atoms with van der Waals surface area (Å²) in [7, 11) is 0. The monoisotopic (exact) mass is 252 g/mol. The van der Waals surface area contributed by atoms with Crippen LogP contribution in [0.5, 0.6) is 0 Å². The molecule has 0 aliphatic carbocycles. The Labute approximate surface area is 105 Å². The molecule has 1 heterocycles. The van der Waals surface area contributed by atoms with Gasteiger partial charge >= 0.3 is 0 Å². The number of carbonyl (C=O) groups is 1. The molecule has 1 aromatic rings. The molecule has 1 fully saturated rings. The first-order valence-corrected chi connectivity index (χ1v) is 6.02. The molecular formula is C13H17FN2O2. The first-order valence-electron chi connectivity index (χ1n) is 6.02. The number of piperidine rings is 1. The number of aryl methyl sites for hydroxylation is 1. The first-order chi connectivity index (χ1) is 8.49. The van der Waals surface area contributed by atoms with Crippen molar-refractivity contribution < 1.29 is 14.3 Å². The number of likely N-dealkylation sites (tertiary alicyclic amines) is 1. The fourth-order valence-corrected chi connectivity index (χ4v) is 2.26. The molecule has 4 nitrogen and oxygen atoms in total. The van der Waals surface area contributed by atoms with Crippen LogP contribution in [0.25, 0.3) is 0 Å². The lowest BCUT2D eigenvalue weighted by Gasteiger charge is -2.30. The zero-order chi connectivity index (χ0) is 13.3. The lowest BCUT2D eigenvalue weighted by Crippen LogP contribution is -2.42. The van der Waals surface area contributed by atoms with Crippen LogP contribution in [-0.4, -0.2) is 35.1 Å². The lowest BCUT2D eigenvalue weighted by molar-refractivity contribution is 0.0470. The molecule has 18 heavy (non-hydrogen) atoms. The van der Waals surface area contributed by atoms with Crippen molar-refractivity contribution in [3.05, 3.63) is 29.1 Å². The quantitative estimate of drug-likeness (QED) is 0.741. The van der Waals surface area contributed by atoms with Crippen molar-refractivity contribution in [2.24, 2.45) is 0 Å². The van der Waals surface area contributed by atoms with E-state index in [1.807, 2.05) is 0 Å². The smallest absolute Gasteiger partial charge is 0.257 e. The zero-order valence-electron chi connectivity index (χ0n) is 10.3. The van der Waals surface area contributed by atoms with Gasteiger partial charge in [-0.1, -0.05) is 0 Å². The average Bonchev–Trinajstić information content (AvgIpc) is 2.33. The number of aliphatic hydroxyl groups excluding tert-OH is 1. The van der Waals surface area contributed by atoms with Gasteiger partial charge in [0, 0.05) is 18.8 Å². The Balaban J connectivity index is 2.28. The van der Waals surface area contributed by atoms with Crippen LogP contribution >= 0.6 is 0 Å². The number of halogens is 1. The maximum Gasteiger partial charge on any atom is 0.257 e. The standard InChI is InChI=1S/C13H17FN2O2/c1-8-5-9(15)6-11(12(8)14)13(18)16-4-2-3-10(17)7-16/h5-6,10,17H,2-4,7,15H2,1H3/t10-/m0/s1. The van der Waals surface area contributed by atoms with Crippen molar-refractivity contribution in [2.75, 3.05) is 18.8 Å². The fourth-order valence-electron chi connectivity index (χ4n) is 2.26. The number of carbonyl (C=O) groups excluding carboxylic acids is 1.